The predicted octanol–water partition coefficient (Wildman–Crippen LogP) is 2.71. The lowest BCUT2D eigenvalue weighted by atomic mass is 10.1. The van der Waals surface area contributed by atoms with E-state index in [2.05, 4.69) is 9.62 Å². The first-order valence-electron chi connectivity index (χ1n) is 9.13. The Morgan fingerprint density at radius 2 is 1.75 bits per heavy atom. The summed E-state index contributed by atoms with van der Waals surface area (Å²) in [5.41, 5.74) is 1.36. The summed E-state index contributed by atoms with van der Waals surface area (Å²) in [4.78, 5) is 17.0. The summed E-state index contributed by atoms with van der Waals surface area (Å²) < 4.78 is 40.9. The largest absolute Gasteiger partial charge is 0.337 e. The number of aryl methyl sites for hydroxylation is 1. The van der Waals surface area contributed by atoms with Crippen molar-refractivity contribution in [2.75, 3.05) is 37.9 Å². The quantitative estimate of drug-likeness (QED) is 0.849. The number of rotatable bonds is 4. The Kier molecular flexibility index (Phi) is 6.00. The van der Waals surface area contributed by atoms with E-state index < -0.39 is 15.8 Å². The maximum atomic E-state index is 13.0. The van der Waals surface area contributed by atoms with Crippen LogP contribution in [0.3, 0.4) is 0 Å². The maximum absolute atomic E-state index is 13.0. The molecule has 0 radical (unpaired) electrons. The van der Waals surface area contributed by atoms with Crippen LogP contribution in [-0.2, 0) is 10.0 Å². The Bertz CT molecular complexity index is 961. The third-order valence-electron chi connectivity index (χ3n) is 4.85. The molecular formula is C20H24FN3O3S. The summed E-state index contributed by atoms with van der Waals surface area (Å²) in [7, 11) is -1.88. The second-order valence-electron chi connectivity index (χ2n) is 7.04. The average Bonchev–Trinajstić information content (AvgIpc) is 2.87. The van der Waals surface area contributed by atoms with Crippen molar-refractivity contribution in [1.29, 1.82) is 0 Å². The highest BCUT2D eigenvalue weighted by Gasteiger charge is 2.23. The first kappa shape index (κ1) is 20.3. The smallest absolute Gasteiger partial charge is 0.261 e. The fourth-order valence-electron chi connectivity index (χ4n) is 3.15. The van der Waals surface area contributed by atoms with Gasteiger partial charge in [-0.25, -0.2) is 12.8 Å². The lowest BCUT2D eigenvalue weighted by Gasteiger charge is -2.22. The lowest BCUT2D eigenvalue weighted by molar-refractivity contribution is 0.0762. The molecule has 0 unspecified atom stereocenters. The molecule has 0 saturated carbocycles. The Labute approximate surface area is 165 Å². The van der Waals surface area contributed by atoms with E-state index in [-0.39, 0.29) is 16.5 Å². The first-order valence-corrected chi connectivity index (χ1v) is 10.6. The molecular weight excluding hydrogens is 381 g/mol. The van der Waals surface area contributed by atoms with Gasteiger partial charge in [0, 0.05) is 30.9 Å². The SMILES string of the molecule is Cc1ccc(S(=O)(=O)Nc2ccc(F)cc2)cc1C(=O)N1CCCN(C)CC1. The van der Waals surface area contributed by atoms with E-state index in [1.807, 2.05) is 7.05 Å². The van der Waals surface area contributed by atoms with E-state index in [4.69, 9.17) is 0 Å². The molecule has 0 aromatic heterocycles. The zero-order valence-electron chi connectivity index (χ0n) is 16.0. The van der Waals surface area contributed by atoms with Gasteiger partial charge in [-0.2, -0.15) is 0 Å². The van der Waals surface area contributed by atoms with Crippen molar-refractivity contribution >= 4 is 21.6 Å². The van der Waals surface area contributed by atoms with E-state index in [1.165, 1.54) is 36.4 Å². The van der Waals surface area contributed by atoms with Crippen molar-refractivity contribution in [3.8, 4) is 0 Å². The molecule has 2 aromatic carbocycles. The third-order valence-corrected chi connectivity index (χ3v) is 6.23. The zero-order chi connectivity index (χ0) is 20.3. The summed E-state index contributed by atoms with van der Waals surface area (Å²) >= 11 is 0. The van der Waals surface area contributed by atoms with Crippen molar-refractivity contribution in [3.63, 3.8) is 0 Å². The van der Waals surface area contributed by atoms with Gasteiger partial charge in [-0.3, -0.25) is 9.52 Å². The summed E-state index contributed by atoms with van der Waals surface area (Å²) in [6.45, 7) is 4.77. The number of carbonyl (C=O) groups is 1. The van der Waals surface area contributed by atoms with Gasteiger partial charge in [0.2, 0.25) is 0 Å². The fraction of sp³-hybridized carbons (Fsp3) is 0.350. The van der Waals surface area contributed by atoms with E-state index in [9.17, 15) is 17.6 Å². The van der Waals surface area contributed by atoms with Crippen LogP contribution >= 0.6 is 0 Å². The van der Waals surface area contributed by atoms with Gasteiger partial charge in [0.15, 0.2) is 0 Å². The van der Waals surface area contributed by atoms with Crippen LogP contribution in [0.2, 0.25) is 0 Å². The minimum Gasteiger partial charge on any atom is -0.337 e. The van der Waals surface area contributed by atoms with Gasteiger partial charge in [-0.1, -0.05) is 6.07 Å². The molecule has 0 bridgehead atoms. The number of likely N-dealkylation sites (N-methyl/N-ethyl adjacent to an activating group) is 1. The van der Waals surface area contributed by atoms with Crippen LogP contribution < -0.4 is 4.72 Å². The van der Waals surface area contributed by atoms with Crippen molar-refractivity contribution in [1.82, 2.24) is 9.80 Å². The Morgan fingerprint density at radius 1 is 1.04 bits per heavy atom. The summed E-state index contributed by atoms with van der Waals surface area (Å²) in [6.07, 6.45) is 0.880. The molecule has 1 N–H and O–H groups in total. The van der Waals surface area contributed by atoms with Crippen LogP contribution in [-0.4, -0.2) is 57.4 Å². The number of hydrogen-bond acceptors (Lipinski definition) is 4. The number of benzene rings is 2. The average molecular weight is 405 g/mol. The standard InChI is InChI=1S/C20H24FN3O3S/c1-15-4-9-18(28(26,27)22-17-7-5-16(21)6-8-17)14-19(15)20(25)24-11-3-10-23(2)12-13-24/h4-9,14,22H,3,10-13H2,1-2H3. The molecule has 2 aromatic rings. The van der Waals surface area contributed by atoms with Gasteiger partial charge < -0.3 is 9.80 Å². The second kappa shape index (κ2) is 8.28. The van der Waals surface area contributed by atoms with Crippen molar-refractivity contribution in [2.45, 2.75) is 18.2 Å². The molecule has 0 spiro atoms. The van der Waals surface area contributed by atoms with Gasteiger partial charge in [0.25, 0.3) is 15.9 Å². The third kappa shape index (κ3) is 4.69. The van der Waals surface area contributed by atoms with E-state index in [1.54, 1.807) is 17.9 Å². The number of anilines is 1. The molecule has 3 rings (SSSR count). The van der Waals surface area contributed by atoms with Gasteiger partial charge in [-0.15, -0.1) is 0 Å². The van der Waals surface area contributed by atoms with Crippen LogP contribution in [0.4, 0.5) is 10.1 Å². The highest BCUT2D eigenvalue weighted by atomic mass is 32.2. The van der Waals surface area contributed by atoms with Gasteiger partial charge in [0.05, 0.1) is 4.90 Å². The maximum Gasteiger partial charge on any atom is 0.261 e. The molecule has 1 fully saturated rings. The number of carbonyl (C=O) groups excluding carboxylic acids is 1. The zero-order valence-corrected chi connectivity index (χ0v) is 16.8. The highest BCUT2D eigenvalue weighted by molar-refractivity contribution is 7.92. The molecule has 150 valence electrons. The number of amides is 1. The van der Waals surface area contributed by atoms with Gasteiger partial charge in [0.1, 0.15) is 5.82 Å². The van der Waals surface area contributed by atoms with E-state index in [0.717, 1.165) is 25.1 Å². The molecule has 6 nitrogen and oxygen atoms in total. The number of halogens is 1. The Hall–Kier alpha value is -2.45. The number of nitrogens with one attached hydrogen (secondary N) is 1. The molecule has 1 aliphatic heterocycles. The summed E-state index contributed by atoms with van der Waals surface area (Å²) in [6, 6.07) is 9.57. The van der Waals surface area contributed by atoms with Crippen LogP contribution in [0.15, 0.2) is 47.4 Å². The molecule has 8 heteroatoms. The van der Waals surface area contributed by atoms with E-state index in [0.29, 0.717) is 18.7 Å². The fourth-order valence-corrected chi connectivity index (χ4v) is 4.24. The molecule has 28 heavy (non-hydrogen) atoms. The normalized spacial score (nSPS) is 15.9. The minimum atomic E-state index is -3.90. The monoisotopic (exact) mass is 405 g/mol. The number of sulfonamides is 1. The molecule has 1 heterocycles. The Balaban J connectivity index is 1.85. The summed E-state index contributed by atoms with van der Waals surface area (Å²) in [5, 5.41) is 0. The first-order chi connectivity index (χ1) is 13.3. The highest BCUT2D eigenvalue weighted by Crippen LogP contribution is 2.21. The Morgan fingerprint density at radius 3 is 2.46 bits per heavy atom. The summed E-state index contributed by atoms with van der Waals surface area (Å²) in [5.74, 6) is -0.610. The molecule has 1 aliphatic rings. The van der Waals surface area contributed by atoms with Gasteiger partial charge >= 0.3 is 0 Å². The molecule has 0 aliphatic carbocycles. The predicted molar refractivity (Wildman–Crippen MR) is 106 cm³/mol. The minimum absolute atomic E-state index is 0.00212. The molecule has 1 saturated heterocycles. The topological polar surface area (TPSA) is 69.7 Å². The van der Waals surface area contributed by atoms with Crippen LogP contribution in [0.25, 0.3) is 0 Å². The second-order valence-corrected chi connectivity index (χ2v) is 8.72. The van der Waals surface area contributed by atoms with Crippen LogP contribution in [0, 0.1) is 12.7 Å². The lowest BCUT2D eigenvalue weighted by Crippen LogP contribution is -2.35. The van der Waals surface area contributed by atoms with Crippen molar-refractivity contribution < 1.29 is 17.6 Å². The van der Waals surface area contributed by atoms with Crippen molar-refractivity contribution in [2.24, 2.45) is 0 Å². The van der Waals surface area contributed by atoms with Gasteiger partial charge in [-0.05, 0) is 68.9 Å². The van der Waals surface area contributed by atoms with Crippen molar-refractivity contribution in [3.05, 3.63) is 59.4 Å². The van der Waals surface area contributed by atoms with Crippen LogP contribution in [0.5, 0.6) is 0 Å². The molecule has 1 amide bonds. The number of hydrogen-bond donors (Lipinski definition) is 1. The number of nitrogens with zero attached hydrogens (tertiary/aromatic N) is 2. The van der Waals surface area contributed by atoms with Crippen LogP contribution in [0.1, 0.15) is 22.3 Å². The molecule has 0 atom stereocenters. The van der Waals surface area contributed by atoms with E-state index >= 15 is 0 Å².